The molecule has 0 spiro atoms. The van der Waals surface area contributed by atoms with Gasteiger partial charge < -0.3 is 4.98 Å². The van der Waals surface area contributed by atoms with Gasteiger partial charge in [0.1, 0.15) is 0 Å². The van der Waals surface area contributed by atoms with Crippen LogP contribution in [0.2, 0.25) is 0 Å². The van der Waals surface area contributed by atoms with Gasteiger partial charge in [-0.05, 0) is 30.0 Å². The summed E-state index contributed by atoms with van der Waals surface area (Å²) in [6.07, 6.45) is 1.70. The summed E-state index contributed by atoms with van der Waals surface area (Å²) in [6.45, 7) is 0. The zero-order chi connectivity index (χ0) is 19.8. The fraction of sp³-hybridized carbons (Fsp3) is 0.190. The number of rotatable bonds is 8. The van der Waals surface area contributed by atoms with Crippen molar-refractivity contribution in [1.29, 1.82) is 0 Å². The quantitative estimate of drug-likeness (QED) is 0.177. The summed E-state index contributed by atoms with van der Waals surface area (Å²) >= 11 is 1.44. The monoisotopic (exact) mass is 395 g/mol. The largest absolute Gasteiger partial charge is 0.301 e. The molecule has 0 radical (unpaired) electrons. The number of aromatic amines is 1. The number of thioether (sulfide) groups is 1. The molecule has 0 fully saturated rings. The number of hydrogen-bond acceptors (Lipinski definition) is 5. The van der Waals surface area contributed by atoms with Crippen LogP contribution in [0, 0.1) is 0 Å². The van der Waals surface area contributed by atoms with E-state index >= 15 is 0 Å². The first-order valence-corrected chi connectivity index (χ1v) is 9.97. The molecule has 3 aromatic rings. The van der Waals surface area contributed by atoms with Crippen molar-refractivity contribution in [2.45, 2.75) is 24.4 Å². The Morgan fingerprint density at radius 1 is 1.00 bits per heavy atom. The molecule has 144 valence electrons. The predicted molar refractivity (Wildman–Crippen MR) is 110 cm³/mol. The summed E-state index contributed by atoms with van der Waals surface area (Å²) in [6, 6.07) is 19.5. The van der Waals surface area contributed by atoms with Crippen LogP contribution in [0.15, 0.2) is 70.6 Å². The highest BCUT2D eigenvalue weighted by atomic mass is 32.2. The molecule has 0 unspecified atom stereocenters. The number of carbonyl (C=O) groups excluding carboxylic acids is 1. The maximum absolute atomic E-state index is 12.1. The zero-order valence-electron chi connectivity index (χ0n) is 15.2. The minimum atomic E-state index is -0.392. The Bertz CT molecular complexity index is 989. The molecule has 0 aliphatic rings. The highest BCUT2D eigenvalue weighted by Crippen LogP contribution is 2.25. The number of nitrogens with one attached hydrogen (secondary N) is 2. The number of aromatic nitrogens is 2. The number of nitrogens with zero attached hydrogens (tertiary/aromatic N) is 1. The molecule has 3 N–H and O–H groups in total. The average Bonchev–Trinajstić information content (AvgIpc) is 2.73. The third kappa shape index (κ3) is 5.55. The Morgan fingerprint density at radius 3 is 2.54 bits per heavy atom. The Hall–Kier alpha value is -2.90. The molecule has 0 saturated heterocycles. The predicted octanol–water partition coefficient (Wildman–Crippen LogP) is 3.87. The highest BCUT2D eigenvalue weighted by Gasteiger charge is 2.07. The molecular formula is C21H21N3O3S. The number of benzene rings is 2. The number of hydroxylamine groups is 1. The van der Waals surface area contributed by atoms with Crippen LogP contribution < -0.4 is 11.0 Å². The van der Waals surface area contributed by atoms with Gasteiger partial charge in [-0.1, -0.05) is 60.3 Å². The van der Waals surface area contributed by atoms with E-state index in [-0.39, 0.29) is 12.0 Å². The van der Waals surface area contributed by atoms with Gasteiger partial charge >= 0.3 is 0 Å². The standard InChI is InChI=1S/C21H21N3O3S/c25-19(24-27)11-4-5-12-28-21-22-18(14-20(26)23-21)17-10-6-9-16(13-17)15-7-2-1-3-8-15/h1-3,6-10,13-14,27H,4-5,11-12H2,(H,24,25)(H,22,23,26). The van der Waals surface area contributed by atoms with Crippen molar-refractivity contribution in [2.24, 2.45) is 0 Å². The summed E-state index contributed by atoms with van der Waals surface area (Å²) in [7, 11) is 0. The zero-order valence-corrected chi connectivity index (χ0v) is 16.0. The molecule has 0 aliphatic carbocycles. The lowest BCUT2D eigenvalue weighted by Gasteiger charge is -2.07. The number of amides is 1. The lowest BCUT2D eigenvalue weighted by molar-refractivity contribution is -0.129. The molecule has 0 bridgehead atoms. The van der Waals surface area contributed by atoms with Gasteiger partial charge in [-0.3, -0.25) is 14.8 Å². The summed E-state index contributed by atoms with van der Waals surface area (Å²) in [5, 5.41) is 9.03. The molecule has 0 atom stereocenters. The summed E-state index contributed by atoms with van der Waals surface area (Å²) in [4.78, 5) is 30.4. The summed E-state index contributed by atoms with van der Waals surface area (Å²) in [5.74, 6) is 0.326. The number of carbonyl (C=O) groups is 1. The topological polar surface area (TPSA) is 95.1 Å². The molecule has 28 heavy (non-hydrogen) atoms. The molecule has 1 heterocycles. The minimum Gasteiger partial charge on any atom is -0.301 e. The summed E-state index contributed by atoms with van der Waals surface area (Å²) < 4.78 is 0. The molecular weight excluding hydrogens is 374 g/mol. The van der Waals surface area contributed by atoms with E-state index in [4.69, 9.17) is 5.21 Å². The fourth-order valence-corrected chi connectivity index (χ4v) is 3.63. The molecule has 6 nitrogen and oxygen atoms in total. The van der Waals surface area contributed by atoms with Crippen molar-refractivity contribution in [3.8, 4) is 22.4 Å². The first-order valence-electron chi connectivity index (χ1n) is 8.98. The van der Waals surface area contributed by atoms with Crippen LogP contribution in [-0.4, -0.2) is 26.8 Å². The Kier molecular flexibility index (Phi) is 7.00. The number of unbranched alkanes of at least 4 members (excludes halogenated alkanes) is 1. The molecule has 1 amide bonds. The van der Waals surface area contributed by atoms with Crippen LogP contribution in [0.1, 0.15) is 19.3 Å². The van der Waals surface area contributed by atoms with Crippen molar-refractivity contribution >= 4 is 17.7 Å². The molecule has 3 rings (SSSR count). The second kappa shape index (κ2) is 9.87. The van der Waals surface area contributed by atoms with Gasteiger partial charge in [-0.15, -0.1) is 0 Å². The number of hydrogen-bond donors (Lipinski definition) is 3. The van der Waals surface area contributed by atoms with Crippen LogP contribution in [0.4, 0.5) is 0 Å². The van der Waals surface area contributed by atoms with Gasteiger partial charge in [0.15, 0.2) is 5.16 Å². The lowest BCUT2D eigenvalue weighted by Crippen LogP contribution is -2.17. The van der Waals surface area contributed by atoms with Gasteiger partial charge in [0.2, 0.25) is 5.91 Å². The van der Waals surface area contributed by atoms with Crippen molar-refractivity contribution in [2.75, 3.05) is 5.75 Å². The van der Waals surface area contributed by atoms with E-state index in [2.05, 4.69) is 9.97 Å². The van der Waals surface area contributed by atoms with E-state index in [1.807, 2.05) is 54.6 Å². The van der Waals surface area contributed by atoms with Gasteiger partial charge in [-0.25, -0.2) is 10.5 Å². The number of H-pyrrole nitrogens is 1. The minimum absolute atomic E-state index is 0.197. The smallest absolute Gasteiger partial charge is 0.252 e. The Balaban J connectivity index is 1.71. The van der Waals surface area contributed by atoms with Crippen LogP contribution in [-0.2, 0) is 4.79 Å². The normalized spacial score (nSPS) is 10.6. The lowest BCUT2D eigenvalue weighted by atomic mass is 10.0. The maximum atomic E-state index is 12.1. The second-order valence-corrected chi connectivity index (χ2v) is 7.31. The van der Waals surface area contributed by atoms with E-state index in [0.717, 1.165) is 28.9 Å². The van der Waals surface area contributed by atoms with Gasteiger partial charge in [0.05, 0.1) is 5.69 Å². The van der Waals surface area contributed by atoms with Crippen molar-refractivity contribution in [1.82, 2.24) is 15.4 Å². The van der Waals surface area contributed by atoms with E-state index in [1.165, 1.54) is 17.8 Å². The van der Waals surface area contributed by atoms with Crippen LogP contribution in [0.25, 0.3) is 22.4 Å². The van der Waals surface area contributed by atoms with Gasteiger partial charge in [-0.2, -0.15) is 0 Å². The van der Waals surface area contributed by atoms with Gasteiger partial charge in [0.25, 0.3) is 5.56 Å². The maximum Gasteiger partial charge on any atom is 0.252 e. The van der Waals surface area contributed by atoms with Crippen LogP contribution in [0.3, 0.4) is 0 Å². The molecule has 2 aromatic carbocycles. The average molecular weight is 395 g/mol. The molecule has 1 aromatic heterocycles. The Labute approximate surface area is 167 Å². The van der Waals surface area contributed by atoms with E-state index in [9.17, 15) is 9.59 Å². The van der Waals surface area contributed by atoms with Crippen molar-refractivity contribution < 1.29 is 10.0 Å². The van der Waals surface area contributed by atoms with Crippen molar-refractivity contribution in [3.63, 3.8) is 0 Å². The van der Waals surface area contributed by atoms with E-state index < -0.39 is 5.91 Å². The highest BCUT2D eigenvalue weighted by molar-refractivity contribution is 7.99. The molecule has 7 heteroatoms. The van der Waals surface area contributed by atoms with Gasteiger partial charge in [0, 0.05) is 23.8 Å². The molecule has 0 saturated carbocycles. The van der Waals surface area contributed by atoms with Crippen molar-refractivity contribution in [3.05, 3.63) is 71.0 Å². The molecule has 0 aliphatic heterocycles. The third-order valence-corrected chi connectivity index (χ3v) is 5.11. The Morgan fingerprint density at radius 2 is 1.75 bits per heavy atom. The van der Waals surface area contributed by atoms with E-state index in [1.54, 1.807) is 5.48 Å². The summed E-state index contributed by atoms with van der Waals surface area (Å²) in [5.41, 5.74) is 5.11. The first-order chi connectivity index (χ1) is 13.7. The SMILES string of the molecule is O=C(CCCCSc1nc(-c2cccc(-c3ccccc3)c2)cc(=O)[nH]1)NO. The second-order valence-electron chi connectivity index (χ2n) is 6.22. The van der Waals surface area contributed by atoms with Crippen LogP contribution >= 0.6 is 11.8 Å². The third-order valence-electron chi connectivity index (χ3n) is 4.15. The van der Waals surface area contributed by atoms with Crippen LogP contribution in [0.5, 0.6) is 0 Å². The first kappa shape index (κ1) is 19.9. The fourth-order valence-electron chi connectivity index (χ4n) is 2.75. The van der Waals surface area contributed by atoms with E-state index in [0.29, 0.717) is 17.3 Å².